The Morgan fingerprint density at radius 2 is 1.06 bits per heavy atom. The Labute approximate surface area is 307 Å². The zero-order chi connectivity index (χ0) is 37.1. The van der Waals surface area contributed by atoms with Gasteiger partial charge in [0.15, 0.2) is 23.0 Å². The first kappa shape index (κ1) is 35.4. The fourth-order valence-electron chi connectivity index (χ4n) is 11.8. The van der Waals surface area contributed by atoms with E-state index in [2.05, 4.69) is 39.8 Å². The normalized spacial score (nSPS) is 28.7. The zero-order valence-corrected chi connectivity index (χ0v) is 32.2. The summed E-state index contributed by atoms with van der Waals surface area (Å²) in [7, 11) is 0. The molecule has 2 spiro atoms. The number of ether oxygens (including phenoxy) is 4. The number of benzene rings is 2. The van der Waals surface area contributed by atoms with Gasteiger partial charge in [-0.3, -0.25) is 19.2 Å². The number of hydrogen-bond donors (Lipinski definition) is 0. The van der Waals surface area contributed by atoms with Gasteiger partial charge >= 0.3 is 23.9 Å². The van der Waals surface area contributed by atoms with Gasteiger partial charge < -0.3 is 18.9 Å². The fraction of sp³-hybridized carbons (Fsp3) is 0.636. The molecule has 2 aromatic rings. The Morgan fingerprint density at radius 3 is 1.42 bits per heavy atom. The van der Waals surface area contributed by atoms with E-state index in [1.54, 1.807) is 0 Å². The number of esters is 4. The molecule has 52 heavy (non-hydrogen) atoms. The quantitative estimate of drug-likeness (QED) is 0.207. The summed E-state index contributed by atoms with van der Waals surface area (Å²) in [5.41, 5.74) is 4.25. The van der Waals surface area contributed by atoms with E-state index in [1.165, 1.54) is 0 Å². The lowest BCUT2D eigenvalue weighted by atomic mass is 9.50. The molecular weight excluding hydrogens is 656 g/mol. The third kappa shape index (κ3) is 4.90. The van der Waals surface area contributed by atoms with Gasteiger partial charge in [0.05, 0.1) is 12.8 Å². The molecule has 8 rings (SSSR count). The highest BCUT2D eigenvalue weighted by atomic mass is 16.6. The topological polar surface area (TPSA) is 105 Å². The van der Waals surface area contributed by atoms with Crippen LogP contribution >= 0.6 is 0 Å². The van der Waals surface area contributed by atoms with Crippen molar-refractivity contribution in [3.63, 3.8) is 0 Å². The van der Waals surface area contributed by atoms with Crippen LogP contribution in [0.2, 0.25) is 0 Å². The Kier molecular flexibility index (Phi) is 8.10. The molecule has 0 radical (unpaired) electrons. The van der Waals surface area contributed by atoms with Crippen LogP contribution in [0.1, 0.15) is 165 Å². The molecule has 2 aliphatic heterocycles. The zero-order valence-electron chi connectivity index (χ0n) is 32.2. The average Bonchev–Trinajstić information content (AvgIpc) is 3.53. The second-order valence-corrected chi connectivity index (χ2v) is 18.7. The van der Waals surface area contributed by atoms with E-state index < -0.39 is 22.8 Å². The van der Waals surface area contributed by atoms with Gasteiger partial charge in [-0.15, -0.1) is 0 Å². The third-order valence-electron chi connectivity index (χ3n) is 14.2. The molecule has 8 heteroatoms. The Bertz CT molecular complexity index is 1780. The lowest BCUT2D eigenvalue weighted by molar-refractivity contribution is -0.146. The monoisotopic (exact) mass is 710 g/mol. The second-order valence-electron chi connectivity index (χ2n) is 18.7. The molecule has 0 aromatic heterocycles. The summed E-state index contributed by atoms with van der Waals surface area (Å²) >= 11 is 0. The maximum absolute atomic E-state index is 13.9. The lowest BCUT2D eigenvalue weighted by Gasteiger charge is -2.51. The number of hydrogen-bond acceptors (Lipinski definition) is 8. The summed E-state index contributed by atoms with van der Waals surface area (Å²) in [6.07, 6.45) is 8.58. The summed E-state index contributed by atoms with van der Waals surface area (Å²) in [4.78, 5) is 54.9. The van der Waals surface area contributed by atoms with Crippen LogP contribution in [-0.2, 0) is 42.8 Å². The first-order valence-corrected chi connectivity index (χ1v) is 19.8. The maximum Gasteiger partial charge on any atom is 0.322 e. The molecule has 6 aliphatic rings. The summed E-state index contributed by atoms with van der Waals surface area (Å²) < 4.78 is 24.4. The first-order valence-electron chi connectivity index (χ1n) is 19.8. The first-order chi connectivity index (χ1) is 24.5. The van der Waals surface area contributed by atoms with Crippen molar-refractivity contribution in [1.82, 2.24) is 0 Å². The van der Waals surface area contributed by atoms with Crippen LogP contribution in [0.5, 0.6) is 23.0 Å². The molecule has 4 aliphatic carbocycles. The smallest absolute Gasteiger partial charge is 0.322 e. The number of carbonyl (C=O) groups is 4. The van der Waals surface area contributed by atoms with E-state index in [0.29, 0.717) is 23.0 Å². The molecular formula is C44H54O8. The second kappa shape index (κ2) is 11.9. The molecule has 278 valence electrons. The van der Waals surface area contributed by atoms with Crippen LogP contribution in [0, 0.1) is 22.7 Å². The molecule has 0 saturated heterocycles. The lowest BCUT2D eigenvalue weighted by Crippen LogP contribution is -2.52. The molecule has 8 nitrogen and oxygen atoms in total. The maximum atomic E-state index is 13.9. The average molecular weight is 711 g/mol. The van der Waals surface area contributed by atoms with Crippen molar-refractivity contribution in [3.8, 4) is 23.0 Å². The molecule has 0 N–H and O–H groups in total. The summed E-state index contributed by atoms with van der Waals surface area (Å²) in [6.45, 7) is 17.2. The Balaban J connectivity index is 1.06. The van der Waals surface area contributed by atoms with E-state index in [4.69, 9.17) is 18.9 Å². The van der Waals surface area contributed by atoms with Crippen LogP contribution < -0.4 is 18.9 Å². The molecule has 0 bridgehead atoms. The van der Waals surface area contributed by atoms with Gasteiger partial charge in [-0.1, -0.05) is 80.4 Å². The van der Waals surface area contributed by atoms with E-state index in [-0.39, 0.29) is 59.3 Å². The molecule has 2 fully saturated rings. The Morgan fingerprint density at radius 1 is 0.673 bits per heavy atom. The van der Waals surface area contributed by atoms with Crippen molar-refractivity contribution in [2.75, 3.05) is 0 Å². The van der Waals surface area contributed by atoms with Crippen molar-refractivity contribution >= 4 is 23.9 Å². The molecule has 1 unspecified atom stereocenters. The van der Waals surface area contributed by atoms with Crippen molar-refractivity contribution in [2.24, 2.45) is 22.7 Å². The molecule has 2 aromatic carbocycles. The highest BCUT2D eigenvalue weighted by Gasteiger charge is 2.64. The van der Waals surface area contributed by atoms with E-state index in [1.807, 2.05) is 27.7 Å². The Hall–Kier alpha value is -3.68. The summed E-state index contributed by atoms with van der Waals surface area (Å²) in [5.74, 6) is 0.0637. The van der Waals surface area contributed by atoms with Crippen LogP contribution in [0.25, 0.3) is 0 Å². The molecule has 0 amide bonds. The number of aryl methyl sites for hydroxylation is 2. The predicted octanol–water partition coefficient (Wildman–Crippen LogP) is 9.08. The van der Waals surface area contributed by atoms with Crippen LogP contribution in [0.3, 0.4) is 0 Å². The fourth-order valence-corrected chi connectivity index (χ4v) is 11.8. The van der Waals surface area contributed by atoms with Crippen molar-refractivity contribution < 1.29 is 38.1 Å². The van der Waals surface area contributed by atoms with Crippen LogP contribution in [0.15, 0.2) is 12.1 Å². The standard InChI is InChI=1S/C44H54O8/c1-23(2)27-21-25-11-13-29-41(5,6)17-9-19-43(29)33(25)37(51-39(43)47)35(27)49-31(45)15-16-32(46)50-36-28(24(3)4)22-26-12-14-30-42(7,8)18-10-20-44(30)34(26)38(36)52-40(44)48/h21-24,29-30H,9-20H2,1-8H3/t29-,30?,43+,44-/m0/s1. The molecule has 2 heterocycles. The van der Waals surface area contributed by atoms with Gasteiger partial charge in [0, 0.05) is 22.3 Å². The van der Waals surface area contributed by atoms with Crippen LogP contribution in [0.4, 0.5) is 0 Å². The van der Waals surface area contributed by atoms with Crippen molar-refractivity contribution in [3.05, 3.63) is 45.5 Å². The minimum Gasteiger partial charge on any atom is -0.422 e. The van der Waals surface area contributed by atoms with Gasteiger partial charge in [0.25, 0.3) is 0 Å². The summed E-state index contributed by atoms with van der Waals surface area (Å²) in [6, 6.07) is 4.22. The molecule has 2 saturated carbocycles. The highest BCUT2D eigenvalue weighted by Crippen LogP contribution is 2.66. The van der Waals surface area contributed by atoms with E-state index in [9.17, 15) is 19.2 Å². The number of carbonyl (C=O) groups excluding carboxylic acids is 4. The van der Waals surface area contributed by atoms with Gasteiger partial charge in [-0.05, 0) is 97.0 Å². The van der Waals surface area contributed by atoms with Gasteiger partial charge in [0.1, 0.15) is 10.8 Å². The van der Waals surface area contributed by atoms with Crippen molar-refractivity contribution in [1.29, 1.82) is 0 Å². The summed E-state index contributed by atoms with van der Waals surface area (Å²) in [5, 5.41) is 0. The van der Waals surface area contributed by atoms with Gasteiger partial charge in [-0.2, -0.15) is 0 Å². The number of rotatable bonds is 7. The van der Waals surface area contributed by atoms with Crippen molar-refractivity contribution in [2.45, 2.75) is 155 Å². The highest BCUT2D eigenvalue weighted by molar-refractivity contribution is 5.96. The SMILES string of the molecule is CC(C)c1cc2c3c(c1OC(=O)CCC(=O)Oc1c(C(C)C)cc4c5c1OC(=O)[C@]51CCCC(C)(C)C1CC4)OC(=O)[C@@]31CCCC(C)(C)[C@@H]1CC2. The predicted molar refractivity (Wildman–Crippen MR) is 195 cm³/mol. The largest absolute Gasteiger partial charge is 0.422 e. The third-order valence-corrected chi connectivity index (χ3v) is 14.2. The van der Waals surface area contributed by atoms with E-state index in [0.717, 1.165) is 97.6 Å². The van der Waals surface area contributed by atoms with Gasteiger partial charge in [0.2, 0.25) is 0 Å². The minimum atomic E-state index is -0.717. The van der Waals surface area contributed by atoms with E-state index >= 15 is 0 Å². The molecule has 4 atom stereocenters. The minimum absolute atomic E-state index is 0.00898. The van der Waals surface area contributed by atoms with Gasteiger partial charge in [-0.25, -0.2) is 0 Å². The van der Waals surface area contributed by atoms with Crippen LogP contribution in [-0.4, -0.2) is 23.9 Å².